The Bertz CT molecular complexity index is 5180. The average Bonchev–Trinajstić information content (AvgIpc) is 2.08. The SMILES string of the molecule is c1ccc(-c2ccc(-c3cccc(N(c4ccc(-c5ccccc5)cc4)c4nc(-c5cccc(-c6ccc(-c7cccc(N(c8ccc(-c9ccccc9)cc8)c8ccnc9c8oc8ccccc89)c7)cc6)c5)cc5c4oc4ccccc45)c3)cc2)cc1. The van der Waals surface area contributed by atoms with E-state index in [2.05, 4.69) is 289 Å². The highest BCUT2D eigenvalue weighted by Gasteiger charge is 2.25. The molecule has 0 aliphatic rings. The van der Waals surface area contributed by atoms with E-state index in [0.29, 0.717) is 11.4 Å². The molecule has 0 fully saturated rings. The standard InChI is InChI=1S/C82H54N4O2/c1-4-17-55(18-5-1)58-33-35-62(36-34-58)66-25-16-28-71(53-66)86(69-47-43-60(44-48-69)57-21-8-3-9-22-57)82-80-74(72-29-10-12-31-77(72)87-80)54-75(84-82)67-26-14-23-64(51-67)61-37-39-63(40-38-61)65-24-15-27-70(52-65)85(68-45-41-59(42-46-68)56-19-6-2-7-20-56)76-49-50-83-79-73-30-11-13-32-78(73)88-81(76)79/h1-54H. The third-order valence-electron chi connectivity index (χ3n) is 16.7. The minimum atomic E-state index is 0.693. The van der Waals surface area contributed by atoms with Crippen LogP contribution in [0.25, 0.3) is 122 Å². The number of pyridine rings is 2. The summed E-state index contributed by atoms with van der Waals surface area (Å²) in [4.78, 5) is 15.0. The summed E-state index contributed by atoms with van der Waals surface area (Å²) in [5.74, 6) is 0.693. The van der Waals surface area contributed by atoms with Crippen LogP contribution in [0.2, 0.25) is 0 Å². The lowest BCUT2D eigenvalue weighted by Crippen LogP contribution is -2.12. The molecule has 0 aliphatic heterocycles. The molecule has 4 heterocycles. The van der Waals surface area contributed by atoms with Crippen LogP contribution in [0.4, 0.5) is 34.3 Å². The van der Waals surface area contributed by atoms with Crippen LogP contribution in [0.1, 0.15) is 0 Å². The van der Waals surface area contributed by atoms with Crippen molar-refractivity contribution in [3.05, 3.63) is 328 Å². The van der Waals surface area contributed by atoms with E-state index in [0.717, 1.165) is 128 Å². The molecule has 0 bridgehead atoms. The molecule has 0 radical (unpaired) electrons. The molecule has 0 saturated heterocycles. The molecule has 0 amide bonds. The fourth-order valence-corrected chi connectivity index (χ4v) is 12.3. The first-order valence-electron chi connectivity index (χ1n) is 29.7. The molecular formula is C82H54N4O2. The van der Waals surface area contributed by atoms with E-state index in [1.54, 1.807) is 0 Å². The van der Waals surface area contributed by atoms with Crippen molar-refractivity contribution in [3.8, 4) is 78.0 Å². The van der Waals surface area contributed by atoms with Crippen molar-refractivity contribution in [2.45, 2.75) is 0 Å². The van der Waals surface area contributed by atoms with Crippen molar-refractivity contribution in [2.24, 2.45) is 0 Å². The minimum absolute atomic E-state index is 0.693. The largest absolute Gasteiger partial charge is 0.452 e. The molecule has 0 spiro atoms. The zero-order chi connectivity index (χ0) is 58.3. The highest BCUT2D eigenvalue weighted by atomic mass is 16.3. The number of para-hydroxylation sites is 2. The van der Waals surface area contributed by atoms with Crippen LogP contribution in [0.15, 0.2) is 337 Å². The van der Waals surface area contributed by atoms with E-state index in [9.17, 15) is 0 Å². The van der Waals surface area contributed by atoms with Crippen molar-refractivity contribution in [3.63, 3.8) is 0 Å². The fraction of sp³-hybridized carbons (Fsp3) is 0. The second kappa shape index (κ2) is 22.3. The summed E-state index contributed by atoms with van der Waals surface area (Å²) < 4.78 is 13.5. The third kappa shape index (κ3) is 9.71. The smallest absolute Gasteiger partial charge is 0.182 e. The summed E-state index contributed by atoms with van der Waals surface area (Å²) in [5, 5.41) is 3.00. The highest BCUT2D eigenvalue weighted by molar-refractivity contribution is 6.11. The predicted octanol–water partition coefficient (Wildman–Crippen LogP) is 22.9. The molecule has 0 saturated carbocycles. The van der Waals surface area contributed by atoms with Crippen LogP contribution in [0.5, 0.6) is 0 Å². The second-order valence-corrected chi connectivity index (χ2v) is 22.1. The van der Waals surface area contributed by atoms with Crippen LogP contribution >= 0.6 is 0 Å². The minimum Gasteiger partial charge on any atom is -0.452 e. The van der Waals surface area contributed by atoms with Crippen LogP contribution in [-0.2, 0) is 0 Å². The van der Waals surface area contributed by atoms with Gasteiger partial charge in [-0.3, -0.25) is 9.88 Å². The molecule has 0 aliphatic carbocycles. The van der Waals surface area contributed by atoms with Gasteiger partial charge in [0.1, 0.15) is 16.7 Å². The lowest BCUT2D eigenvalue weighted by molar-refractivity contribution is 0.667. The van der Waals surface area contributed by atoms with Gasteiger partial charge in [-0.2, -0.15) is 0 Å². The third-order valence-corrected chi connectivity index (χ3v) is 16.7. The van der Waals surface area contributed by atoms with Crippen molar-refractivity contribution in [2.75, 3.05) is 9.80 Å². The van der Waals surface area contributed by atoms with Gasteiger partial charge in [-0.15, -0.1) is 0 Å². The van der Waals surface area contributed by atoms with Gasteiger partial charge in [-0.05, 0) is 152 Å². The highest BCUT2D eigenvalue weighted by Crippen LogP contribution is 2.46. The second-order valence-electron chi connectivity index (χ2n) is 22.1. The number of anilines is 6. The van der Waals surface area contributed by atoms with Crippen molar-refractivity contribution >= 4 is 78.3 Å². The van der Waals surface area contributed by atoms with Crippen molar-refractivity contribution in [1.29, 1.82) is 0 Å². The van der Waals surface area contributed by atoms with Gasteiger partial charge in [0.05, 0.1) is 11.4 Å². The zero-order valence-corrected chi connectivity index (χ0v) is 47.8. The van der Waals surface area contributed by atoms with E-state index < -0.39 is 0 Å². The Morgan fingerprint density at radius 2 is 0.636 bits per heavy atom. The first-order chi connectivity index (χ1) is 43.6. The van der Waals surface area contributed by atoms with E-state index in [-0.39, 0.29) is 0 Å². The van der Waals surface area contributed by atoms with Gasteiger partial charge in [0, 0.05) is 50.7 Å². The van der Waals surface area contributed by atoms with Gasteiger partial charge in [-0.25, -0.2) is 4.98 Å². The quantitative estimate of drug-likeness (QED) is 0.115. The number of fused-ring (bicyclic) bond motifs is 6. The molecule has 414 valence electrons. The molecule has 88 heavy (non-hydrogen) atoms. The Labute approximate surface area is 509 Å². The number of aromatic nitrogens is 2. The van der Waals surface area contributed by atoms with Gasteiger partial charge < -0.3 is 13.7 Å². The lowest BCUT2D eigenvalue weighted by atomic mass is 9.97. The van der Waals surface area contributed by atoms with Crippen molar-refractivity contribution < 1.29 is 8.83 Å². The molecule has 0 N–H and O–H groups in total. The predicted molar refractivity (Wildman–Crippen MR) is 364 cm³/mol. The Kier molecular flexibility index (Phi) is 13.1. The van der Waals surface area contributed by atoms with Gasteiger partial charge in [0.15, 0.2) is 17.0 Å². The number of benzene rings is 12. The summed E-state index contributed by atoms with van der Waals surface area (Å²) in [7, 11) is 0. The number of rotatable bonds is 13. The van der Waals surface area contributed by atoms with Crippen LogP contribution in [0.3, 0.4) is 0 Å². The van der Waals surface area contributed by atoms with Crippen molar-refractivity contribution in [1.82, 2.24) is 9.97 Å². The molecule has 16 rings (SSSR count). The summed E-state index contributed by atoms with van der Waals surface area (Å²) in [6.45, 7) is 0. The van der Waals surface area contributed by atoms with E-state index in [1.807, 2.05) is 48.7 Å². The maximum absolute atomic E-state index is 6.90. The number of nitrogens with zero attached hydrogens (tertiary/aromatic N) is 4. The average molecular weight is 1130 g/mol. The molecule has 12 aromatic carbocycles. The van der Waals surface area contributed by atoms with Crippen LogP contribution in [-0.4, -0.2) is 9.97 Å². The first-order valence-corrected chi connectivity index (χ1v) is 29.7. The molecule has 0 unspecified atom stereocenters. The number of hydrogen-bond acceptors (Lipinski definition) is 6. The van der Waals surface area contributed by atoms with Gasteiger partial charge in [-0.1, -0.05) is 237 Å². The maximum Gasteiger partial charge on any atom is 0.182 e. The molecule has 4 aromatic heterocycles. The number of furan rings is 2. The Morgan fingerprint density at radius 3 is 1.18 bits per heavy atom. The summed E-state index contributed by atoms with van der Waals surface area (Å²) >= 11 is 0. The molecule has 0 atom stereocenters. The first kappa shape index (κ1) is 51.8. The van der Waals surface area contributed by atoms with Gasteiger partial charge in [0.25, 0.3) is 0 Å². The summed E-state index contributed by atoms with van der Waals surface area (Å²) in [5.41, 5.74) is 24.0. The monoisotopic (exact) mass is 1130 g/mol. The normalized spacial score (nSPS) is 11.4. The molecule has 16 aromatic rings. The van der Waals surface area contributed by atoms with E-state index in [4.69, 9.17) is 18.8 Å². The Balaban J connectivity index is 0.769. The van der Waals surface area contributed by atoms with Gasteiger partial charge in [0.2, 0.25) is 0 Å². The van der Waals surface area contributed by atoms with E-state index in [1.165, 1.54) is 16.7 Å². The summed E-state index contributed by atoms with van der Waals surface area (Å²) in [6, 6.07) is 114. The topological polar surface area (TPSA) is 58.5 Å². The Hall–Kier alpha value is -11.9. The van der Waals surface area contributed by atoms with Gasteiger partial charge >= 0.3 is 0 Å². The fourth-order valence-electron chi connectivity index (χ4n) is 12.3. The molecule has 6 nitrogen and oxygen atoms in total. The Morgan fingerprint density at radius 1 is 0.250 bits per heavy atom. The zero-order valence-electron chi connectivity index (χ0n) is 47.8. The lowest BCUT2D eigenvalue weighted by Gasteiger charge is -2.26. The van der Waals surface area contributed by atoms with E-state index >= 15 is 0 Å². The summed E-state index contributed by atoms with van der Waals surface area (Å²) in [6.07, 6.45) is 1.88. The maximum atomic E-state index is 6.90. The van der Waals surface area contributed by atoms with Crippen LogP contribution in [0, 0.1) is 0 Å². The molecular weight excluding hydrogens is 1070 g/mol. The number of hydrogen-bond donors (Lipinski definition) is 0. The molecule has 6 heteroatoms. The van der Waals surface area contributed by atoms with Crippen LogP contribution < -0.4 is 9.80 Å².